The predicted octanol–water partition coefficient (Wildman–Crippen LogP) is 2.75. The van der Waals surface area contributed by atoms with Crippen molar-refractivity contribution < 1.29 is 9.53 Å². The summed E-state index contributed by atoms with van der Waals surface area (Å²) in [6.07, 6.45) is 0.637. The van der Waals surface area contributed by atoms with Crippen LogP contribution in [0.5, 0.6) is 5.75 Å². The number of carbonyl (C=O) groups excluding carboxylic acids is 1. The summed E-state index contributed by atoms with van der Waals surface area (Å²) >= 11 is 0. The van der Waals surface area contributed by atoms with E-state index < -0.39 is 0 Å². The lowest BCUT2D eigenvalue weighted by Gasteiger charge is -2.20. The number of amides is 2. The van der Waals surface area contributed by atoms with Crippen LogP contribution >= 0.6 is 0 Å². The number of carbonyl (C=O) groups is 1. The van der Waals surface area contributed by atoms with Gasteiger partial charge in [-0.05, 0) is 39.0 Å². The fourth-order valence-corrected chi connectivity index (χ4v) is 3.08. The Labute approximate surface area is 164 Å². The van der Waals surface area contributed by atoms with Crippen LogP contribution in [0.3, 0.4) is 0 Å². The second kappa shape index (κ2) is 8.69. The van der Waals surface area contributed by atoms with Gasteiger partial charge in [0.1, 0.15) is 17.4 Å². The number of hydrogen-bond donors (Lipinski definition) is 2. The first-order chi connectivity index (χ1) is 13.5. The number of ether oxygens (including phenoxy) is 1. The molecule has 0 aliphatic heterocycles. The maximum atomic E-state index is 12.5. The summed E-state index contributed by atoms with van der Waals surface area (Å²) in [5, 5.41) is 2.90. The summed E-state index contributed by atoms with van der Waals surface area (Å²) in [6, 6.07) is 7.49. The van der Waals surface area contributed by atoms with Crippen LogP contribution in [0.1, 0.15) is 30.0 Å². The summed E-state index contributed by atoms with van der Waals surface area (Å²) in [7, 11) is 1.64. The van der Waals surface area contributed by atoms with E-state index in [-0.39, 0.29) is 6.03 Å². The van der Waals surface area contributed by atoms with Crippen LogP contribution in [0.15, 0.2) is 24.3 Å². The lowest BCUT2D eigenvalue weighted by atomic mass is 10.3. The van der Waals surface area contributed by atoms with E-state index in [0.717, 1.165) is 34.0 Å². The summed E-state index contributed by atoms with van der Waals surface area (Å²) < 4.78 is 5.24. The molecule has 8 nitrogen and oxygen atoms in total. The highest BCUT2D eigenvalue weighted by atomic mass is 16.5. The van der Waals surface area contributed by atoms with Gasteiger partial charge < -0.3 is 19.9 Å². The molecule has 28 heavy (non-hydrogen) atoms. The minimum atomic E-state index is -0.136. The van der Waals surface area contributed by atoms with Gasteiger partial charge in [-0.15, -0.1) is 0 Å². The molecular weight excluding hydrogens is 356 g/mol. The first-order valence-electron chi connectivity index (χ1n) is 9.35. The molecule has 148 valence electrons. The summed E-state index contributed by atoms with van der Waals surface area (Å²) in [5.41, 5.74) is 3.60. The third-order valence-corrected chi connectivity index (χ3v) is 4.45. The van der Waals surface area contributed by atoms with Gasteiger partial charge in [0.2, 0.25) is 0 Å². The zero-order valence-electron chi connectivity index (χ0n) is 16.7. The summed E-state index contributed by atoms with van der Waals surface area (Å²) in [4.78, 5) is 30.8. The zero-order chi connectivity index (χ0) is 20.1. The van der Waals surface area contributed by atoms with E-state index in [1.54, 1.807) is 12.0 Å². The van der Waals surface area contributed by atoms with Gasteiger partial charge in [0, 0.05) is 37.0 Å². The van der Waals surface area contributed by atoms with Gasteiger partial charge in [-0.1, -0.05) is 0 Å². The molecule has 0 bridgehead atoms. The van der Waals surface area contributed by atoms with Crippen molar-refractivity contribution in [1.29, 1.82) is 0 Å². The molecule has 0 fully saturated rings. The van der Waals surface area contributed by atoms with Crippen molar-refractivity contribution in [1.82, 2.24) is 30.2 Å². The van der Waals surface area contributed by atoms with Crippen molar-refractivity contribution in [3.63, 3.8) is 0 Å². The Balaban J connectivity index is 1.58. The van der Waals surface area contributed by atoms with Crippen LogP contribution in [0.4, 0.5) is 4.79 Å². The van der Waals surface area contributed by atoms with Crippen molar-refractivity contribution in [3.8, 4) is 5.75 Å². The highest BCUT2D eigenvalue weighted by Gasteiger charge is 2.13. The minimum absolute atomic E-state index is 0.136. The van der Waals surface area contributed by atoms with E-state index >= 15 is 0 Å². The predicted molar refractivity (Wildman–Crippen MR) is 107 cm³/mol. The second-order valence-corrected chi connectivity index (χ2v) is 6.62. The van der Waals surface area contributed by atoms with Crippen LogP contribution in [0.2, 0.25) is 0 Å². The molecule has 1 aromatic carbocycles. The molecular formula is C20H26N6O2. The number of aryl methyl sites for hydroxylation is 2. The number of likely N-dealkylation sites (N-methyl/N-ethyl adjacent to an activating group) is 1. The van der Waals surface area contributed by atoms with Gasteiger partial charge in [0.05, 0.1) is 24.7 Å². The number of nitrogens with one attached hydrogen (secondary N) is 2. The van der Waals surface area contributed by atoms with E-state index in [2.05, 4.69) is 25.3 Å². The zero-order valence-corrected chi connectivity index (χ0v) is 16.7. The Kier molecular flexibility index (Phi) is 6.08. The van der Waals surface area contributed by atoms with Crippen molar-refractivity contribution in [2.45, 2.75) is 33.7 Å². The first-order valence-corrected chi connectivity index (χ1v) is 9.35. The van der Waals surface area contributed by atoms with Crippen molar-refractivity contribution >= 4 is 17.1 Å². The normalized spacial score (nSPS) is 10.9. The van der Waals surface area contributed by atoms with Crippen molar-refractivity contribution in [2.24, 2.45) is 0 Å². The number of urea groups is 1. The monoisotopic (exact) mass is 382 g/mol. The second-order valence-electron chi connectivity index (χ2n) is 6.62. The summed E-state index contributed by atoms with van der Waals surface area (Å²) in [5.74, 6) is 2.24. The van der Waals surface area contributed by atoms with Crippen LogP contribution in [-0.4, -0.2) is 51.1 Å². The Morgan fingerprint density at radius 3 is 2.61 bits per heavy atom. The van der Waals surface area contributed by atoms with E-state index in [4.69, 9.17) is 4.74 Å². The molecule has 8 heteroatoms. The average Bonchev–Trinajstić information content (AvgIpc) is 3.08. The lowest BCUT2D eigenvalue weighted by Crippen LogP contribution is -2.41. The topological polar surface area (TPSA) is 96.0 Å². The minimum Gasteiger partial charge on any atom is -0.497 e. The number of benzene rings is 1. The molecule has 0 saturated heterocycles. The number of aromatic amines is 1. The smallest absolute Gasteiger partial charge is 0.317 e. The number of imidazole rings is 1. The van der Waals surface area contributed by atoms with Crippen molar-refractivity contribution in [3.05, 3.63) is 47.3 Å². The van der Waals surface area contributed by atoms with Crippen molar-refractivity contribution in [2.75, 3.05) is 20.2 Å². The number of methoxy groups -OCH3 is 1. The van der Waals surface area contributed by atoms with E-state index in [1.807, 2.05) is 45.0 Å². The van der Waals surface area contributed by atoms with Gasteiger partial charge in [-0.25, -0.2) is 19.7 Å². The van der Waals surface area contributed by atoms with E-state index in [0.29, 0.717) is 31.9 Å². The number of aromatic nitrogens is 4. The SMILES string of the molecule is CCN(CCc1nc2ccc(OC)cc2[nH]1)C(=O)NCc1nc(C)cc(C)n1. The lowest BCUT2D eigenvalue weighted by molar-refractivity contribution is 0.200. The van der Waals surface area contributed by atoms with E-state index in [1.165, 1.54) is 0 Å². The Morgan fingerprint density at radius 2 is 1.93 bits per heavy atom. The van der Waals surface area contributed by atoms with Crippen LogP contribution in [-0.2, 0) is 13.0 Å². The Hall–Kier alpha value is -3.16. The molecule has 2 N–H and O–H groups in total. The molecule has 3 aromatic rings. The standard InChI is InChI=1S/C20H26N6O2/c1-5-26(20(27)21-12-19-22-13(2)10-14(3)23-19)9-8-18-24-16-7-6-15(28-4)11-17(16)25-18/h6-7,10-11H,5,8-9,12H2,1-4H3,(H,21,27)(H,24,25). The van der Waals surface area contributed by atoms with Gasteiger partial charge in [-0.2, -0.15) is 0 Å². The Morgan fingerprint density at radius 1 is 1.18 bits per heavy atom. The van der Waals surface area contributed by atoms with E-state index in [9.17, 15) is 4.79 Å². The number of rotatable bonds is 7. The first kappa shape index (κ1) is 19.6. The fraction of sp³-hybridized carbons (Fsp3) is 0.400. The number of hydrogen-bond acceptors (Lipinski definition) is 5. The average molecular weight is 382 g/mol. The van der Waals surface area contributed by atoms with Gasteiger partial charge in [0.15, 0.2) is 0 Å². The molecule has 2 amide bonds. The molecule has 0 radical (unpaired) electrons. The fourth-order valence-electron chi connectivity index (χ4n) is 3.08. The molecule has 0 aliphatic rings. The molecule has 0 spiro atoms. The maximum absolute atomic E-state index is 12.5. The highest BCUT2D eigenvalue weighted by Crippen LogP contribution is 2.18. The Bertz CT molecular complexity index is 948. The highest BCUT2D eigenvalue weighted by molar-refractivity contribution is 5.77. The molecule has 0 aliphatic carbocycles. The molecule has 2 aromatic heterocycles. The number of H-pyrrole nitrogens is 1. The molecule has 0 atom stereocenters. The van der Waals surface area contributed by atoms with Gasteiger partial charge >= 0.3 is 6.03 Å². The molecule has 2 heterocycles. The number of fused-ring (bicyclic) bond motifs is 1. The largest absolute Gasteiger partial charge is 0.497 e. The number of nitrogens with zero attached hydrogens (tertiary/aromatic N) is 4. The van der Waals surface area contributed by atoms with Gasteiger partial charge in [0.25, 0.3) is 0 Å². The third-order valence-electron chi connectivity index (χ3n) is 4.45. The van der Waals surface area contributed by atoms with Crippen LogP contribution in [0.25, 0.3) is 11.0 Å². The molecule has 0 unspecified atom stereocenters. The van der Waals surface area contributed by atoms with Crippen LogP contribution in [0, 0.1) is 13.8 Å². The molecule has 0 saturated carbocycles. The summed E-state index contributed by atoms with van der Waals surface area (Å²) in [6.45, 7) is 7.27. The maximum Gasteiger partial charge on any atom is 0.317 e. The van der Waals surface area contributed by atoms with Gasteiger partial charge in [-0.3, -0.25) is 0 Å². The quantitative estimate of drug-likeness (QED) is 0.655. The van der Waals surface area contributed by atoms with Crippen LogP contribution < -0.4 is 10.1 Å². The third kappa shape index (κ3) is 4.76. The molecule has 3 rings (SSSR count).